The van der Waals surface area contributed by atoms with E-state index in [0.717, 1.165) is 25.7 Å². The molecule has 0 aliphatic heterocycles. The second-order valence-electron chi connectivity index (χ2n) is 7.34. The van der Waals surface area contributed by atoms with Gasteiger partial charge < -0.3 is 24.3 Å². The van der Waals surface area contributed by atoms with Crippen LogP contribution in [0.3, 0.4) is 0 Å². The topological polar surface area (TPSA) is 107 Å². The monoisotopic (exact) mass is 438 g/mol. The van der Waals surface area contributed by atoms with E-state index in [1.165, 1.54) is 20.3 Å². The molecule has 2 aromatic rings. The lowest BCUT2D eigenvalue weighted by Gasteiger charge is -2.17. The van der Waals surface area contributed by atoms with Crippen LogP contribution in [0.1, 0.15) is 41.6 Å². The molecule has 2 aromatic carbocycles. The second-order valence-corrected chi connectivity index (χ2v) is 7.34. The molecule has 0 aromatic heterocycles. The van der Waals surface area contributed by atoms with Crippen molar-refractivity contribution >= 4 is 17.6 Å². The number of esters is 1. The number of rotatable bonds is 9. The molecule has 0 spiro atoms. The van der Waals surface area contributed by atoms with E-state index < -0.39 is 5.97 Å². The summed E-state index contributed by atoms with van der Waals surface area (Å²) in [5.41, 5.74) is 1.02. The predicted octanol–water partition coefficient (Wildman–Crippen LogP) is 3.94. The Morgan fingerprint density at radius 2 is 1.69 bits per heavy atom. The van der Waals surface area contributed by atoms with Gasteiger partial charge in [-0.2, -0.15) is 5.26 Å². The van der Waals surface area contributed by atoms with Crippen LogP contribution in [0.15, 0.2) is 36.4 Å². The van der Waals surface area contributed by atoms with Gasteiger partial charge in [-0.3, -0.25) is 4.79 Å². The van der Waals surface area contributed by atoms with Gasteiger partial charge in [-0.1, -0.05) is 12.8 Å². The van der Waals surface area contributed by atoms with Gasteiger partial charge in [-0.25, -0.2) is 4.79 Å². The molecule has 0 radical (unpaired) electrons. The van der Waals surface area contributed by atoms with Crippen molar-refractivity contribution in [3.8, 4) is 23.3 Å². The molecule has 1 saturated carbocycles. The highest BCUT2D eigenvalue weighted by atomic mass is 16.6. The van der Waals surface area contributed by atoms with Crippen LogP contribution in [0, 0.1) is 17.2 Å². The molecule has 0 unspecified atom stereocenters. The molecule has 3 rings (SSSR count). The number of hydrogen-bond acceptors (Lipinski definition) is 7. The largest absolute Gasteiger partial charge is 0.493 e. The van der Waals surface area contributed by atoms with Crippen LogP contribution in [-0.2, 0) is 9.53 Å². The van der Waals surface area contributed by atoms with E-state index in [1.54, 1.807) is 30.3 Å². The van der Waals surface area contributed by atoms with Crippen LogP contribution < -0.4 is 19.5 Å². The van der Waals surface area contributed by atoms with Crippen molar-refractivity contribution in [3.63, 3.8) is 0 Å². The van der Waals surface area contributed by atoms with E-state index in [2.05, 4.69) is 5.32 Å². The highest BCUT2D eigenvalue weighted by molar-refractivity contribution is 6.02. The molecule has 32 heavy (non-hydrogen) atoms. The first-order chi connectivity index (χ1) is 15.5. The Balaban J connectivity index is 1.67. The maximum Gasteiger partial charge on any atom is 0.340 e. The molecular weight excluding hydrogens is 412 g/mol. The standard InChI is InChI=1S/C24H26N2O6/c1-29-21-13-19(20(14-22(21)30-2)26-23(27)17-5-3-4-6-17)24(28)32-12-11-31-18-9-7-16(15-25)8-10-18/h7-10,13-14,17H,3-6,11-12H2,1-2H3,(H,26,27). The van der Waals surface area contributed by atoms with Crippen molar-refractivity contribution in [2.45, 2.75) is 25.7 Å². The van der Waals surface area contributed by atoms with Crippen molar-refractivity contribution in [2.24, 2.45) is 5.92 Å². The molecule has 0 bridgehead atoms. The smallest absolute Gasteiger partial charge is 0.340 e. The first kappa shape index (κ1) is 22.9. The molecule has 1 N–H and O–H groups in total. The number of amides is 1. The Morgan fingerprint density at radius 3 is 2.31 bits per heavy atom. The van der Waals surface area contributed by atoms with Gasteiger partial charge in [-0.05, 0) is 37.1 Å². The molecule has 0 saturated heterocycles. The van der Waals surface area contributed by atoms with Crippen molar-refractivity contribution < 1.29 is 28.5 Å². The molecule has 168 valence electrons. The van der Waals surface area contributed by atoms with Crippen molar-refractivity contribution in [3.05, 3.63) is 47.5 Å². The summed E-state index contributed by atoms with van der Waals surface area (Å²) in [6.45, 7) is 0.137. The van der Waals surface area contributed by atoms with Crippen LogP contribution in [0.25, 0.3) is 0 Å². The number of nitrogens with one attached hydrogen (secondary N) is 1. The summed E-state index contributed by atoms with van der Waals surface area (Å²) in [6, 6.07) is 11.7. The molecule has 1 amide bonds. The van der Waals surface area contributed by atoms with E-state index in [1.807, 2.05) is 6.07 Å². The Labute approximate surface area is 187 Å². The lowest BCUT2D eigenvalue weighted by Crippen LogP contribution is -2.22. The van der Waals surface area contributed by atoms with Gasteiger partial charge in [0, 0.05) is 18.1 Å². The zero-order valence-corrected chi connectivity index (χ0v) is 18.2. The number of anilines is 1. The highest BCUT2D eigenvalue weighted by Crippen LogP contribution is 2.35. The average Bonchev–Trinajstić information content (AvgIpc) is 3.37. The second kappa shape index (κ2) is 11.0. The van der Waals surface area contributed by atoms with E-state index in [4.69, 9.17) is 24.2 Å². The fraction of sp³-hybridized carbons (Fsp3) is 0.375. The summed E-state index contributed by atoms with van der Waals surface area (Å²) in [7, 11) is 2.95. The third kappa shape index (κ3) is 5.70. The Bertz CT molecular complexity index is 991. The van der Waals surface area contributed by atoms with E-state index in [-0.39, 0.29) is 30.6 Å². The lowest BCUT2D eigenvalue weighted by molar-refractivity contribution is -0.119. The SMILES string of the molecule is COc1cc(NC(=O)C2CCCC2)c(C(=O)OCCOc2ccc(C#N)cc2)cc1OC. The van der Waals surface area contributed by atoms with E-state index in [0.29, 0.717) is 28.5 Å². The van der Waals surface area contributed by atoms with Gasteiger partial charge in [-0.15, -0.1) is 0 Å². The van der Waals surface area contributed by atoms with E-state index >= 15 is 0 Å². The number of hydrogen-bond donors (Lipinski definition) is 1. The molecule has 0 atom stereocenters. The summed E-state index contributed by atoms with van der Waals surface area (Å²) < 4.78 is 21.5. The minimum absolute atomic E-state index is 0.00317. The third-order valence-corrected chi connectivity index (χ3v) is 5.30. The van der Waals surface area contributed by atoms with Crippen molar-refractivity contribution in [1.82, 2.24) is 0 Å². The van der Waals surface area contributed by atoms with Crippen molar-refractivity contribution in [1.29, 1.82) is 5.26 Å². The zero-order chi connectivity index (χ0) is 22.9. The van der Waals surface area contributed by atoms with Crippen LogP contribution in [0.5, 0.6) is 17.2 Å². The van der Waals surface area contributed by atoms with Gasteiger partial charge in [0.05, 0.1) is 37.1 Å². The van der Waals surface area contributed by atoms with Crippen LogP contribution in [0.4, 0.5) is 5.69 Å². The number of nitriles is 1. The zero-order valence-electron chi connectivity index (χ0n) is 18.2. The van der Waals surface area contributed by atoms with Crippen LogP contribution >= 0.6 is 0 Å². The molecule has 1 aliphatic rings. The minimum atomic E-state index is -0.615. The maximum absolute atomic E-state index is 12.8. The predicted molar refractivity (Wildman–Crippen MR) is 117 cm³/mol. The summed E-state index contributed by atoms with van der Waals surface area (Å²) in [6.07, 6.45) is 3.73. The first-order valence-corrected chi connectivity index (χ1v) is 10.4. The number of benzene rings is 2. The van der Waals surface area contributed by atoms with E-state index in [9.17, 15) is 9.59 Å². The Kier molecular flexibility index (Phi) is 7.92. The molecule has 1 aliphatic carbocycles. The number of carbonyl (C=O) groups is 2. The fourth-order valence-electron chi connectivity index (χ4n) is 3.57. The molecule has 8 nitrogen and oxygen atoms in total. The van der Waals surface area contributed by atoms with Gasteiger partial charge in [0.1, 0.15) is 19.0 Å². The molecule has 8 heteroatoms. The van der Waals surface area contributed by atoms with Gasteiger partial charge >= 0.3 is 5.97 Å². The number of ether oxygens (including phenoxy) is 4. The van der Waals surface area contributed by atoms with Gasteiger partial charge in [0.25, 0.3) is 0 Å². The van der Waals surface area contributed by atoms with Crippen molar-refractivity contribution in [2.75, 3.05) is 32.8 Å². The molecular formula is C24H26N2O6. The van der Waals surface area contributed by atoms with Crippen LogP contribution in [0.2, 0.25) is 0 Å². The summed E-state index contributed by atoms with van der Waals surface area (Å²) in [4.78, 5) is 25.4. The lowest BCUT2D eigenvalue weighted by atomic mass is 10.1. The summed E-state index contributed by atoms with van der Waals surface area (Å²) in [5, 5.41) is 11.7. The number of nitrogens with zero attached hydrogens (tertiary/aromatic N) is 1. The quantitative estimate of drug-likeness (QED) is 0.467. The summed E-state index contributed by atoms with van der Waals surface area (Å²) >= 11 is 0. The molecule has 1 fully saturated rings. The maximum atomic E-state index is 12.8. The van der Waals surface area contributed by atoms with Gasteiger partial charge in [0.15, 0.2) is 11.5 Å². The normalized spacial score (nSPS) is 13.2. The fourth-order valence-corrected chi connectivity index (χ4v) is 3.57. The summed E-state index contributed by atoms with van der Waals surface area (Å²) in [5.74, 6) is 0.523. The Hall–Kier alpha value is -3.73. The highest BCUT2D eigenvalue weighted by Gasteiger charge is 2.25. The Morgan fingerprint density at radius 1 is 1.03 bits per heavy atom. The van der Waals surface area contributed by atoms with Crippen LogP contribution in [-0.4, -0.2) is 39.3 Å². The number of carbonyl (C=O) groups excluding carboxylic acids is 2. The third-order valence-electron chi connectivity index (χ3n) is 5.30. The molecule has 0 heterocycles. The first-order valence-electron chi connectivity index (χ1n) is 10.4. The number of methoxy groups -OCH3 is 2. The average molecular weight is 438 g/mol. The van der Waals surface area contributed by atoms with Gasteiger partial charge in [0.2, 0.25) is 5.91 Å². The minimum Gasteiger partial charge on any atom is -0.493 e.